The Balaban J connectivity index is 2.43. The van der Waals surface area contributed by atoms with E-state index in [1.165, 1.54) is 12.4 Å². The molecule has 1 N–H and O–H groups in total. The van der Waals surface area contributed by atoms with Gasteiger partial charge in [-0.25, -0.2) is 4.79 Å². The van der Waals surface area contributed by atoms with E-state index in [9.17, 15) is 4.79 Å². The van der Waals surface area contributed by atoms with Crippen LogP contribution in [0.3, 0.4) is 0 Å². The number of hydrogen-bond donors (Lipinski definition) is 1. The first kappa shape index (κ1) is 9.50. The molecule has 0 atom stereocenters. The van der Waals surface area contributed by atoms with Crippen LogP contribution in [0.15, 0.2) is 12.4 Å². The van der Waals surface area contributed by atoms with Crippen molar-refractivity contribution in [3.63, 3.8) is 0 Å². The maximum atomic E-state index is 11.1. The third kappa shape index (κ3) is 3.55. The highest BCUT2D eigenvalue weighted by Gasteiger charge is 2.16. The van der Waals surface area contributed by atoms with Crippen LogP contribution < -0.4 is 5.43 Å². The highest BCUT2D eigenvalue weighted by molar-refractivity contribution is 5.75. The van der Waals surface area contributed by atoms with Gasteiger partial charge in [0.2, 0.25) is 0 Å². The molecular weight excluding hydrogens is 172 g/mol. The summed E-state index contributed by atoms with van der Waals surface area (Å²) in [4.78, 5) is 12.1. The van der Waals surface area contributed by atoms with E-state index in [0.29, 0.717) is 0 Å². The lowest BCUT2D eigenvalue weighted by Gasteiger charge is -2.18. The lowest BCUT2D eigenvalue weighted by Crippen LogP contribution is -2.32. The monoisotopic (exact) mass is 184 g/mol. The normalized spacial score (nSPS) is 11.0. The molecule has 0 aromatic carbocycles. The van der Waals surface area contributed by atoms with E-state index in [-0.39, 0.29) is 0 Å². The Kier molecular flexibility index (Phi) is 2.50. The number of rotatable bonds is 1. The maximum Gasteiger partial charge on any atom is 0.429 e. The second-order valence-corrected chi connectivity index (χ2v) is 3.43. The Morgan fingerprint density at radius 2 is 1.92 bits per heavy atom. The van der Waals surface area contributed by atoms with Gasteiger partial charge in [-0.15, -0.1) is 10.2 Å². The fourth-order valence-electron chi connectivity index (χ4n) is 0.656. The smallest absolute Gasteiger partial charge is 0.429 e. The molecule has 0 aliphatic rings. The summed E-state index contributed by atoms with van der Waals surface area (Å²) in [7, 11) is 0. The largest absolute Gasteiger partial charge is 0.443 e. The minimum absolute atomic E-state index is 0.517. The summed E-state index contributed by atoms with van der Waals surface area (Å²) in [5.74, 6) is 0. The van der Waals surface area contributed by atoms with Gasteiger partial charge in [0.25, 0.3) is 0 Å². The van der Waals surface area contributed by atoms with Gasteiger partial charge in [-0.05, 0) is 20.8 Å². The van der Waals surface area contributed by atoms with Crippen molar-refractivity contribution < 1.29 is 9.53 Å². The number of amides is 1. The second kappa shape index (κ2) is 3.42. The highest BCUT2D eigenvalue weighted by Crippen LogP contribution is 2.06. The van der Waals surface area contributed by atoms with Crippen molar-refractivity contribution in [3.8, 4) is 0 Å². The van der Waals surface area contributed by atoms with Crippen molar-refractivity contribution in [2.75, 3.05) is 5.43 Å². The number of carbonyl (C=O) groups is 1. The fourth-order valence-corrected chi connectivity index (χ4v) is 0.656. The summed E-state index contributed by atoms with van der Waals surface area (Å²) in [6.07, 6.45) is 2.33. The zero-order valence-electron chi connectivity index (χ0n) is 7.81. The molecule has 1 heterocycles. The number of nitrogens with zero attached hydrogens (tertiary/aromatic N) is 3. The van der Waals surface area contributed by atoms with E-state index < -0.39 is 11.7 Å². The summed E-state index contributed by atoms with van der Waals surface area (Å²) in [6.45, 7) is 5.34. The lowest BCUT2D eigenvalue weighted by atomic mass is 10.2. The number of hydrogen-bond acceptors (Lipinski definition) is 4. The molecule has 0 unspecified atom stereocenters. The van der Waals surface area contributed by atoms with Crippen molar-refractivity contribution in [1.29, 1.82) is 0 Å². The van der Waals surface area contributed by atoms with E-state index >= 15 is 0 Å². The van der Waals surface area contributed by atoms with Crippen molar-refractivity contribution in [3.05, 3.63) is 12.4 Å². The molecule has 6 nitrogen and oxygen atoms in total. The number of ether oxygens (including phenoxy) is 1. The van der Waals surface area contributed by atoms with E-state index in [1.807, 2.05) is 0 Å². The van der Waals surface area contributed by atoms with Crippen LogP contribution in [0, 0.1) is 0 Å². The zero-order valence-corrected chi connectivity index (χ0v) is 7.81. The van der Waals surface area contributed by atoms with Gasteiger partial charge >= 0.3 is 6.09 Å². The number of carbonyl (C=O) groups excluding carboxylic acids is 1. The molecule has 13 heavy (non-hydrogen) atoms. The molecule has 0 fully saturated rings. The van der Waals surface area contributed by atoms with Crippen molar-refractivity contribution in [2.24, 2.45) is 0 Å². The molecule has 0 bridgehead atoms. The van der Waals surface area contributed by atoms with Crippen LogP contribution in [0.1, 0.15) is 20.8 Å². The Morgan fingerprint density at radius 3 is 2.38 bits per heavy atom. The molecular formula is C7H12N4O2. The predicted octanol–water partition coefficient (Wildman–Crippen LogP) is 0.757. The first-order valence-corrected chi connectivity index (χ1v) is 3.84. The average molecular weight is 184 g/mol. The third-order valence-corrected chi connectivity index (χ3v) is 1.01. The van der Waals surface area contributed by atoms with Crippen molar-refractivity contribution in [2.45, 2.75) is 26.4 Å². The van der Waals surface area contributed by atoms with Crippen LogP contribution in [0.4, 0.5) is 4.79 Å². The summed E-state index contributed by atoms with van der Waals surface area (Å²) in [6, 6.07) is 0. The topological polar surface area (TPSA) is 69.0 Å². The molecule has 0 radical (unpaired) electrons. The van der Waals surface area contributed by atoms with Gasteiger partial charge in [0.05, 0.1) is 12.4 Å². The minimum atomic E-state index is -0.580. The van der Waals surface area contributed by atoms with Crippen LogP contribution in [-0.4, -0.2) is 26.8 Å². The van der Waals surface area contributed by atoms with E-state index in [2.05, 4.69) is 15.6 Å². The van der Waals surface area contributed by atoms with E-state index in [1.54, 1.807) is 20.8 Å². The Morgan fingerprint density at radius 1 is 1.38 bits per heavy atom. The molecule has 0 spiro atoms. The zero-order chi connectivity index (χ0) is 9.90. The van der Waals surface area contributed by atoms with Crippen LogP contribution in [-0.2, 0) is 4.74 Å². The lowest BCUT2D eigenvalue weighted by molar-refractivity contribution is 0.0605. The second-order valence-electron chi connectivity index (χ2n) is 3.43. The Labute approximate surface area is 75.8 Å². The third-order valence-electron chi connectivity index (χ3n) is 1.01. The molecule has 1 rings (SSSR count). The van der Waals surface area contributed by atoms with Gasteiger partial charge in [-0.2, -0.15) is 5.43 Å². The average Bonchev–Trinajstić information content (AvgIpc) is 2.34. The predicted molar refractivity (Wildman–Crippen MR) is 45.6 cm³/mol. The standard InChI is InChI=1S/C7H12N4O2/c1-7(2,3)13-6(12)10-11-8-4-5-9-11/h4-5H,1-3H3,(H,10,12). The van der Waals surface area contributed by atoms with Gasteiger partial charge < -0.3 is 4.74 Å². The number of aromatic nitrogens is 3. The van der Waals surface area contributed by atoms with E-state index in [4.69, 9.17) is 4.74 Å². The maximum absolute atomic E-state index is 11.1. The van der Waals surface area contributed by atoms with Crippen LogP contribution >= 0.6 is 0 Å². The van der Waals surface area contributed by atoms with Crippen LogP contribution in [0.5, 0.6) is 0 Å². The summed E-state index contributed by atoms with van der Waals surface area (Å²) >= 11 is 0. The van der Waals surface area contributed by atoms with Crippen molar-refractivity contribution in [1.82, 2.24) is 15.1 Å². The molecule has 1 amide bonds. The van der Waals surface area contributed by atoms with Crippen LogP contribution in [0.2, 0.25) is 0 Å². The molecule has 1 aromatic rings. The van der Waals surface area contributed by atoms with Gasteiger partial charge in [0.1, 0.15) is 5.60 Å². The van der Waals surface area contributed by atoms with Crippen molar-refractivity contribution >= 4 is 6.09 Å². The minimum Gasteiger partial charge on any atom is -0.443 e. The first-order chi connectivity index (χ1) is 5.97. The van der Waals surface area contributed by atoms with Gasteiger partial charge in [0.15, 0.2) is 0 Å². The fraction of sp³-hybridized carbons (Fsp3) is 0.571. The summed E-state index contributed by atoms with van der Waals surface area (Å²) in [5, 5.41) is 7.36. The number of nitrogens with one attached hydrogen (secondary N) is 1. The quantitative estimate of drug-likeness (QED) is 0.699. The van der Waals surface area contributed by atoms with Gasteiger partial charge in [-0.1, -0.05) is 4.91 Å². The van der Waals surface area contributed by atoms with Crippen LogP contribution in [0.25, 0.3) is 0 Å². The SMILES string of the molecule is CC(C)(C)OC(=O)Nn1nccn1. The summed E-state index contributed by atoms with van der Waals surface area (Å²) in [5.41, 5.74) is 1.80. The molecule has 0 saturated carbocycles. The first-order valence-electron chi connectivity index (χ1n) is 3.84. The van der Waals surface area contributed by atoms with Gasteiger partial charge in [0, 0.05) is 0 Å². The van der Waals surface area contributed by atoms with Gasteiger partial charge in [-0.3, -0.25) is 0 Å². The highest BCUT2D eigenvalue weighted by atomic mass is 16.6. The Bertz CT molecular complexity index is 275. The molecule has 0 saturated heterocycles. The molecule has 72 valence electrons. The Hall–Kier alpha value is -1.59. The summed E-state index contributed by atoms with van der Waals surface area (Å²) < 4.78 is 4.96. The molecule has 0 aliphatic carbocycles. The van der Waals surface area contributed by atoms with E-state index in [0.717, 1.165) is 4.91 Å². The molecule has 6 heteroatoms. The molecule has 0 aliphatic heterocycles. The molecule has 1 aromatic heterocycles.